The van der Waals surface area contributed by atoms with Gasteiger partial charge in [0, 0.05) is 17.8 Å². The van der Waals surface area contributed by atoms with Crippen LogP contribution in [0.25, 0.3) is 0 Å². The molecule has 148 valence electrons. The van der Waals surface area contributed by atoms with Crippen molar-refractivity contribution in [3.63, 3.8) is 0 Å². The molecular formula is C20H17N3O6. The van der Waals surface area contributed by atoms with Crippen molar-refractivity contribution in [1.29, 1.82) is 0 Å². The maximum Gasteiger partial charge on any atom is 0.235 e. The van der Waals surface area contributed by atoms with Crippen LogP contribution in [0.3, 0.4) is 0 Å². The Morgan fingerprint density at radius 3 is 2.97 bits per heavy atom. The van der Waals surface area contributed by atoms with Gasteiger partial charge in [0.15, 0.2) is 17.3 Å². The third kappa shape index (κ3) is 2.27. The molecule has 9 heteroatoms. The van der Waals surface area contributed by atoms with E-state index in [1.807, 2.05) is 12.2 Å². The molecule has 9 nitrogen and oxygen atoms in total. The molecule has 1 spiro atoms. The van der Waals surface area contributed by atoms with Crippen molar-refractivity contribution < 1.29 is 28.3 Å². The zero-order chi connectivity index (χ0) is 19.8. The molecule has 6 rings (SSSR count). The number of benzene rings is 1. The Labute approximate surface area is 165 Å². The van der Waals surface area contributed by atoms with Crippen LogP contribution in [-0.2, 0) is 14.3 Å². The number of nitrogens with one attached hydrogen (secondary N) is 1. The first-order valence-electron chi connectivity index (χ1n) is 9.36. The number of hydrogen-bond acceptors (Lipinski definition) is 7. The number of aryl methyl sites for hydroxylation is 1. The first-order chi connectivity index (χ1) is 14.0. The minimum Gasteiger partial charge on any atom is -0.454 e. The molecule has 1 aromatic carbocycles. The summed E-state index contributed by atoms with van der Waals surface area (Å²) in [6.45, 7) is 2.23. The molecule has 4 aliphatic rings. The molecule has 4 atom stereocenters. The molecule has 2 fully saturated rings. The Bertz CT molecular complexity index is 1080. The van der Waals surface area contributed by atoms with Gasteiger partial charge in [-0.2, -0.15) is 0 Å². The minimum absolute atomic E-state index is 0.159. The second-order valence-electron chi connectivity index (χ2n) is 7.68. The van der Waals surface area contributed by atoms with Crippen molar-refractivity contribution in [2.45, 2.75) is 18.6 Å². The van der Waals surface area contributed by atoms with Crippen molar-refractivity contribution in [3.8, 4) is 11.5 Å². The zero-order valence-corrected chi connectivity index (χ0v) is 15.5. The van der Waals surface area contributed by atoms with Gasteiger partial charge in [0.25, 0.3) is 0 Å². The number of rotatable bonds is 3. The van der Waals surface area contributed by atoms with Crippen molar-refractivity contribution in [3.05, 3.63) is 42.2 Å². The molecule has 29 heavy (non-hydrogen) atoms. The zero-order valence-electron chi connectivity index (χ0n) is 15.5. The number of fused-ring (bicyclic) bond motifs is 2. The average Bonchev–Trinajstić information content (AvgIpc) is 3.49. The van der Waals surface area contributed by atoms with Gasteiger partial charge in [-0.3, -0.25) is 14.5 Å². The lowest BCUT2D eigenvalue weighted by molar-refractivity contribution is -0.128. The van der Waals surface area contributed by atoms with E-state index >= 15 is 0 Å². The van der Waals surface area contributed by atoms with Crippen molar-refractivity contribution in [2.24, 2.45) is 11.8 Å². The molecular weight excluding hydrogens is 378 g/mol. The van der Waals surface area contributed by atoms with E-state index in [0.717, 1.165) is 0 Å². The summed E-state index contributed by atoms with van der Waals surface area (Å²) in [5.41, 5.74) is -0.236. The third-order valence-electron chi connectivity index (χ3n) is 5.94. The van der Waals surface area contributed by atoms with Gasteiger partial charge in [0.05, 0.1) is 24.5 Å². The highest BCUT2D eigenvalue weighted by atomic mass is 16.7. The van der Waals surface area contributed by atoms with E-state index in [1.54, 1.807) is 31.2 Å². The number of aromatic nitrogens is 1. The van der Waals surface area contributed by atoms with Crippen LogP contribution < -0.4 is 19.7 Å². The first-order valence-corrected chi connectivity index (χ1v) is 9.36. The topological polar surface area (TPSA) is 103 Å². The van der Waals surface area contributed by atoms with Gasteiger partial charge in [-0.25, -0.2) is 0 Å². The molecule has 0 unspecified atom stereocenters. The highest BCUT2D eigenvalue weighted by molar-refractivity contribution is 6.05. The second kappa shape index (κ2) is 5.60. The standard InChI is InChI=1S/C20H17N3O6/c1-10-6-15(22-29-10)23-8-20-5-4-13(28-20)16(17(20)19(23)25)18(24)21-11-2-3-12-14(7-11)27-9-26-12/h2-7,13,16-17H,8-9H2,1H3,(H,21,24)/t13-,16+,17+,20-/m1/s1. The normalized spacial score (nSPS) is 30.9. The van der Waals surface area contributed by atoms with Crippen LogP contribution in [0.15, 0.2) is 40.9 Å². The van der Waals surface area contributed by atoms with Gasteiger partial charge in [-0.05, 0) is 19.1 Å². The number of amides is 2. The Kier molecular flexibility index (Phi) is 3.21. The van der Waals surface area contributed by atoms with E-state index in [1.165, 1.54) is 4.90 Å². The smallest absolute Gasteiger partial charge is 0.235 e. The summed E-state index contributed by atoms with van der Waals surface area (Å²) in [7, 11) is 0. The predicted octanol–water partition coefficient (Wildman–Crippen LogP) is 1.64. The molecule has 2 saturated heterocycles. The monoisotopic (exact) mass is 395 g/mol. The molecule has 2 aromatic rings. The highest BCUT2D eigenvalue weighted by Crippen LogP contribution is 2.52. The van der Waals surface area contributed by atoms with Gasteiger partial charge < -0.3 is 24.1 Å². The van der Waals surface area contributed by atoms with Gasteiger partial charge in [0.1, 0.15) is 11.4 Å². The molecule has 4 aliphatic heterocycles. The second-order valence-corrected chi connectivity index (χ2v) is 7.68. The molecule has 0 radical (unpaired) electrons. The average molecular weight is 395 g/mol. The molecule has 1 aromatic heterocycles. The van der Waals surface area contributed by atoms with Crippen molar-refractivity contribution in [1.82, 2.24) is 5.16 Å². The number of carbonyl (C=O) groups excluding carboxylic acids is 2. The van der Waals surface area contributed by atoms with E-state index in [9.17, 15) is 9.59 Å². The molecule has 1 N–H and O–H groups in total. The molecule has 2 amide bonds. The summed E-state index contributed by atoms with van der Waals surface area (Å²) in [6.07, 6.45) is 3.34. The quantitative estimate of drug-likeness (QED) is 0.788. The summed E-state index contributed by atoms with van der Waals surface area (Å²) in [5, 5.41) is 6.84. The lowest BCUT2D eigenvalue weighted by Gasteiger charge is -2.23. The Balaban J connectivity index is 1.28. The van der Waals surface area contributed by atoms with Gasteiger partial charge in [-0.15, -0.1) is 0 Å². The largest absolute Gasteiger partial charge is 0.454 e. The van der Waals surface area contributed by atoms with E-state index in [2.05, 4.69) is 10.5 Å². The maximum atomic E-state index is 13.2. The number of carbonyl (C=O) groups is 2. The molecule has 2 bridgehead atoms. The van der Waals surface area contributed by atoms with Gasteiger partial charge in [-0.1, -0.05) is 17.3 Å². The maximum absolute atomic E-state index is 13.2. The van der Waals surface area contributed by atoms with Crippen LogP contribution in [0.2, 0.25) is 0 Å². The minimum atomic E-state index is -0.814. The number of ether oxygens (including phenoxy) is 3. The summed E-state index contributed by atoms with van der Waals surface area (Å²) >= 11 is 0. The Hall–Kier alpha value is -3.33. The van der Waals surface area contributed by atoms with Crippen LogP contribution in [0.4, 0.5) is 11.5 Å². The van der Waals surface area contributed by atoms with Crippen LogP contribution >= 0.6 is 0 Å². The molecule has 0 aliphatic carbocycles. The number of hydrogen-bond donors (Lipinski definition) is 1. The lowest BCUT2D eigenvalue weighted by atomic mass is 9.77. The van der Waals surface area contributed by atoms with Crippen LogP contribution in [-0.4, -0.2) is 42.0 Å². The summed E-state index contributed by atoms with van der Waals surface area (Å²) < 4.78 is 21.9. The van der Waals surface area contributed by atoms with E-state index in [-0.39, 0.29) is 18.6 Å². The van der Waals surface area contributed by atoms with Gasteiger partial charge >= 0.3 is 0 Å². The SMILES string of the molecule is Cc1cc(N2C[C@@]34C=C[C@@H](O3)[C@H](C(=O)Nc3ccc5c(c3)OCO5)[C@H]4C2=O)no1. The van der Waals surface area contributed by atoms with Crippen LogP contribution in [0.1, 0.15) is 5.76 Å². The van der Waals surface area contributed by atoms with Crippen LogP contribution in [0.5, 0.6) is 11.5 Å². The van der Waals surface area contributed by atoms with E-state index in [0.29, 0.717) is 35.3 Å². The summed E-state index contributed by atoms with van der Waals surface area (Å²) in [4.78, 5) is 27.9. The summed E-state index contributed by atoms with van der Waals surface area (Å²) in [6, 6.07) is 6.90. The van der Waals surface area contributed by atoms with Crippen LogP contribution in [0, 0.1) is 18.8 Å². The Morgan fingerprint density at radius 1 is 1.28 bits per heavy atom. The van der Waals surface area contributed by atoms with E-state index < -0.39 is 23.5 Å². The fraction of sp³-hybridized carbons (Fsp3) is 0.350. The third-order valence-corrected chi connectivity index (χ3v) is 5.94. The summed E-state index contributed by atoms with van der Waals surface area (Å²) in [5.74, 6) is 0.574. The number of nitrogens with zero attached hydrogens (tertiary/aromatic N) is 2. The highest BCUT2D eigenvalue weighted by Gasteiger charge is 2.67. The predicted molar refractivity (Wildman–Crippen MR) is 98.5 cm³/mol. The Morgan fingerprint density at radius 2 is 2.14 bits per heavy atom. The van der Waals surface area contributed by atoms with Crippen molar-refractivity contribution in [2.75, 3.05) is 23.6 Å². The molecule has 5 heterocycles. The van der Waals surface area contributed by atoms with Crippen molar-refractivity contribution >= 4 is 23.3 Å². The lowest BCUT2D eigenvalue weighted by Crippen LogP contribution is -2.41. The molecule has 0 saturated carbocycles. The first kappa shape index (κ1) is 16.6. The fourth-order valence-electron chi connectivity index (χ4n) is 4.67. The fourth-order valence-corrected chi connectivity index (χ4v) is 4.67. The van der Waals surface area contributed by atoms with Gasteiger partial charge in [0.2, 0.25) is 18.6 Å². The van der Waals surface area contributed by atoms with E-state index in [4.69, 9.17) is 18.7 Å². The number of anilines is 2.